The van der Waals surface area contributed by atoms with Gasteiger partial charge in [-0.1, -0.05) is 68.7 Å². The summed E-state index contributed by atoms with van der Waals surface area (Å²) >= 11 is 0. The number of hydrogen-bond donors (Lipinski definition) is 1. The molecule has 1 saturated carbocycles. The molecule has 1 heteroatoms. The highest BCUT2D eigenvalue weighted by atomic mass is 15.0. The van der Waals surface area contributed by atoms with E-state index in [1.54, 1.807) is 0 Å². The summed E-state index contributed by atoms with van der Waals surface area (Å²) in [5, 5.41) is 3.83. The highest BCUT2D eigenvalue weighted by Gasteiger charge is 2.59. The van der Waals surface area contributed by atoms with E-state index in [-0.39, 0.29) is 5.54 Å². The van der Waals surface area contributed by atoms with Crippen LogP contribution in [0, 0.1) is 21.7 Å². The molecule has 0 heterocycles. The van der Waals surface area contributed by atoms with Crippen LogP contribution in [-0.4, -0.2) is 12.6 Å². The molecule has 0 spiro atoms. The number of hydrogen-bond acceptors (Lipinski definition) is 1. The summed E-state index contributed by atoms with van der Waals surface area (Å²) in [7, 11) is 2.20. The van der Waals surface area contributed by atoms with Crippen molar-refractivity contribution in [2.75, 3.05) is 7.05 Å². The molecule has 132 valence electrons. The Hall–Kier alpha value is -0.0400. The largest absolute Gasteiger partial charge is 0.313 e. The first kappa shape index (κ1) is 20.0. The van der Waals surface area contributed by atoms with Crippen molar-refractivity contribution in [3.8, 4) is 0 Å². The summed E-state index contributed by atoms with van der Waals surface area (Å²) in [6.45, 7) is 22.0. The summed E-state index contributed by atoms with van der Waals surface area (Å²) in [6, 6.07) is 0. The van der Waals surface area contributed by atoms with Crippen molar-refractivity contribution in [3.63, 3.8) is 0 Å². The normalized spacial score (nSPS) is 23.7. The molecular formula is C21H43N. The van der Waals surface area contributed by atoms with Gasteiger partial charge in [0.1, 0.15) is 0 Å². The molecule has 0 atom stereocenters. The number of nitrogens with one attached hydrogen (secondary N) is 1. The Morgan fingerprint density at radius 1 is 0.818 bits per heavy atom. The minimum Gasteiger partial charge on any atom is -0.313 e. The zero-order valence-corrected chi connectivity index (χ0v) is 17.2. The van der Waals surface area contributed by atoms with Crippen molar-refractivity contribution in [2.24, 2.45) is 21.7 Å². The lowest BCUT2D eigenvalue weighted by atomic mass is 9.58. The van der Waals surface area contributed by atoms with Crippen LogP contribution >= 0.6 is 0 Å². The molecule has 0 aromatic heterocycles. The summed E-state index contributed by atoms with van der Waals surface area (Å²) < 4.78 is 0. The third-order valence-electron chi connectivity index (χ3n) is 7.29. The van der Waals surface area contributed by atoms with Crippen molar-refractivity contribution in [3.05, 3.63) is 0 Å². The van der Waals surface area contributed by atoms with E-state index in [4.69, 9.17) is 0 Å². The van der Waals surface area contributed by atoms with Gasteiger partial charge in [-0.05, 0) is 60.8 Å². The molecule has 0 radical (unpaired) electrons. The Bertz CT molecular complexity index is 357. The summed E-state index contributed by atoms with van der Waals surface area (Å²) in [6.07, 6.45) is 7.86. The summed E-state index contributed by atoms with van der Waals surface area (Å²) in [5.41, 5.74) is 1.82. The van der Waals surface area contributed by atoms with Gasteiger partial charge in [0.05, 0.1) is 0 Å². The standard InChI is InChI=1S/C21H43N/c1-11-17(2,3)12-13-18(4,5)16-21(22-10)19(6,7)14-15-20(21,8)9/h22H,11-16H2,1-10H3. The van der Waals surface area contributed by atoms with Gasteiger partial charge in [-0.2, -0.15) is 0 Å². The van der Waals surface area contributed by atoms with Gasteiger partial charge in [0.2, 0.25) is 0 Å². The Balaban J connectivity index is 2.97. The fourth-order valence-electron chi connectivity index (χ4n) is 4.87. The second kappa shape index (κ2) is 6.11. The highest BCUT2D eigenvalue weighted by molar-refractivity contribution is 5.15. The molecule has 1 aliphatic rings. The predicted octanol–water partition coefficient (Wildman–Crippen LogP) is 6.42. The summed E-state index contributed by atoms with van der Waals surface area (Å²) in [4.78, 5) is 0. The molecule has 0 aromatic carbocycles. The monoisotopic (exact) mass is 309 g/mol. The van der Waals surface area contributed by atoms with Gasteiger partial charge in [-0.15, -0.1) is 0 Å². The minimum absolute atomic E-state index is 0.236. The van der Waals surface area contributed by atoms with Crippen molar-refractivity contribution in [2.45, 2.75) is 106 Å². The topological polar surface area (TPSA) is 12.0 Å². The third-order valence-corrected chi connectivity index (χ3v) is 7.29. The van der Waals surface area contributed by atoms with Crippen molar-refractivity contribution >= 4 is 0 Å². The van der Waals surface area contributed by atoms with E-state index in [2.05, 4.69) is 74.7 Å². The van der Waals surface area contributed by atoms with Crippen LogP contribution in [0.15, 0.2) is 0 Å². The van der Waals surface area contributed by atoms with Crippen LogP contribution in [0.4, 0.5) is 0 Å². The van der Waals surface area contributed by atoms with Gasteiger partial charge >= 0.3 is 0 Å². The maximum Gasteiger partial charge on any atom is 0.0285 e. The molecule has 1 rings (SSSR count). The van der Waals surface area contributed by atoms with Gasteiger partial charge in [-0.3, -0.25) is 0 Å². The first-order valence-electron chi connectivity index (χ1n) is 9.43. The van der Waals surface area contributed by atoms with E-state index in [1.165, 1.54) is 38.5 Å². The molecule has 0 unspecified atom stereocenters. The lowest BCUT2D eigenvalue weighted by molar-refractivity contribution is 0.0192. The lowest BCUT2D eigenvalue weighted by Gasteiger charge is -2.53. The first-order chi connectivity index (χ1) is 9.74. The lowest BCUT2D eigenvalue weighted by Crippen LogP contribution is -2.61. The first-order valence-corrected chi connectivity index (χ1v) is 9.43. The molecule has 0 bridgehead atoms. The fourth-order valence-corrected chi connectivity index (χ4v) is 4.87. The molecule has 0 aliphatic heterocycles. The maximum atomic E-state index is 3.83. The third kappa shape index (κ3) is 3.71. The SMILES string of the molecule is CCC(C)(C)CCC(C)(C)CC1(NC)C(C)(C)CCC1(C)C. The minimum atomic E-state index is 0.236. The van der Waals surface area contributed by atoms with Crippen LogP contribution < -0.4 is 5.32 Å². The van der Waals surface area contributed by atoms with Crippen molar-refractivity contribution in [1.82, 2.24) is 5.32 Å². The van der Waals surface area contributed by atoms with E-state index in [9.17, 15) is 0 Å². The highest BCUT2D eigenvalue weighted by Crippen LogP contribution is 2.60. The second-order valence-electron chi connectivity index (χ2n) is 10.8. The fraction of sp³-hybridized carbons (Fsp3) is 1.00. The second-order valence-corrected chi connectivity index (χ2v) is 10.8. The van der Waals surface area contributed by atoms with Crippen LogP contribution in [0.2, 0.25) is 0 Å². The maximum absolute atomic E-state index is 3.83. The Morgan fingerprint density at radius 2 is 1.23 bits per heavy atom. The molecule has 0 saturated heterocycles. The quantitative estimate of drug-likeness (QED) is 0.572. The van der Waals surface area contributed by atoms with E-state index in [0.29, 0.717) is 21.7 Å². The predicted molar refractivity (Wildman–Crippen MR) is 100 cm³/mol. The van der Waals surface area contributed by atoms with E-state index >= 15 is 0 Å². The Labute approximate surface area is 141 Å². The van der Waals surface area contributed by atoms with Gasteiger partial charge in [0, 0.05) is 5.54 Å². The van der Waals surface area contributed by atoms with Gasteiger partial charge in [-0.25, -0.2) is 0 Å². The van der Waals surface area contributed by atoms with Crippen LogP contribution in [-0.2, 0) is 0 Å². The molecule has 1 aliphatic carbocycles. The van der Waals surface area contributed by atoms with Crippen LogP contribution in [0.25, 0.3) is 0 Å². The van der Waals surface area contributed by atoms with E-state index in [1.807, 2.05) is 0 Å². The molecule has 0 aromatic rings. The van der Waals surface area contributed by atoms with Gasteiger partial charge in [0.15, 0.2) is 0 Å². The zero-order valence-electron chi connectivity index (χ0n) is 17.2. The molecule has 0 amide bonds. The molecule has 22 heavy (non-hydrogen) atoms. The van der Waals surface area contributed by atoms with Crippen molar-refractivity contribution < 1.29 is 0 Å². The number of rotatable bonds is 7. The molecule has 1 fully saturated rings. The van der Waals surface area contributed by atoms with Crippen LogP contribution in [0.5, 0.6) is 0 Å². The van der Waals surface area contributed by atoms with Crippen LogP contribution in [0.1, 0.15) is 101 Å². The molecule has 1 N–H and O–H groups in total. The average Bonchev–Trinajstić information content (AvgIpc) is 2.57. The van der Waals surface area contributed by atoms with E-state index in [0.717, 1.165) is 0 Å². The Morgan fingerprint density at radius 3 is 1.59 bits per heavy atom. The average molecular weight is 310 g/mol. The van der Waals surface area contributed by atoms with Gasteiger partial charge < -0.3 is 5.32 Å². The smallest absolute Gasteiger partial charge is 0.0285 e. The molecular weight excluding hydrogens is 266 g/mol. The summed E-state index contributed by atoms with van der Waals surface area (Å²) in [5.74, 6) is 0. The van der Waals surface area contributed by atoms with Crippen LogP contribution in [0.3, 0.4) is 0 Å². The Kier molecular flexibility index (Phi) is 5.56. The van der Waals surface area contributed by atoms with Crippen molar-refractivity contribution in [1.29, 1.82) is 0 Å². The van der Waals surface area contributed by atoms with E-state index < -0.39 is 0 Å². The van der Waals surface area contributed by atoms with Gasteiger partial charge in [0.25, 0.3) is 0 Å². The molecule has 1 nitrogen and oxygen atoms in total. The zero-order chi connectivity index (χ0) is 17.4.